The van der Waals surface area contributed by atoms with Crippen molar-refractivity contribution in [2.45, 2.75) is 0 Å². The predicted molar refractivity (Wildman–Crippen MR) is 120 cm³/mol. The summed E-state index contributed by atoms with van der Waals surface area (Å²) in [5, 5.41) is 6.38. The van der Waals surface area contributed by atoms with E-state index < -0.39 is 5.97 Å². The van der Waals surface area contributed by atoms with Crippen LogP contribution in [0.2, 0.25) is 5.02 Å². The summed E-state index contributed by atoms with van der Waals surface area (Å²) >= 11 is 7.64. The maximum atomic E-state index is 12.5. The van der Waals surface area contributed by atoms with Crippen LogP contribution in [-0.4, -0.2) is 18.1 Å². The molecule has 1 heterocycles. The van der Waals surface area contributed by atoms with Crippen LogP contribution in [0.5, 0.6) is 11.5 Å². The molecule has 1 aromatic heterocycles. The molecular formula is C23H17ClN2O3S. The number of hydrogen-bond donors (Lipinski definition) is 1. The van der Waals surface area contributed by atoms with Crippen LogP contribution in [0.4, 0.5) is 10.8 Å². The zero-order chi connectivity index (χ0) is 20.9. The van der Waals surface area contributed by atoms with Gasteiger partial charge in [0, 0.05) is 21.7 Å². The summed E-state index contributed by atoms with van der Waals surface area (Å²) < 4.78 is 10.8. The summed E-state index contributed by atoms with van der Waals surface area (Å²) in [7, 11) is 1.63. The average molecular weight is 437 g/mol. The Balaban J connectivity index is 1.57. The first-order chi connectivity index (χ1) is 14.6. The first-order valence-electron chi connectivity index (χ1n) is 9.06. The Hall–Kier alpha value is -3.35. The van der Waals surface area contributed by atoms with Gasteiger partial charge in [0.1, 0.15) is 11.5 Å². The molecule has 4 aromatic rings. The van der Waals surface area contributed by atoms with E-state index in [-0.39, 0.29) is 0 Å². The van der Waals surface area contributed by atoms with Gasteiger partial charge in [-0.1, -0.05) is 29.8 Å². The van der Waals surface area contributed by atoms with E-state index in [1.807, 2.05) is 35.7 Å². The number of esters is 1. The smallest absolute Gasteiger partial charge is 0.343 e. The van der Waals surface area contributed by atoms with Crippen molar-refractivity contribution in [2.24, 2.45) is 0 Å². The number of nitrogens with zero attached hydrogens (tertiary/aromatic N) is 1. The fraction of sp³-hybridized carbons (Fsp3) is 0.0435. The first kappa shape index (κ1) is 19.9. The zero-order valence-corrected chi connectivity index (χ0v) is 17.5. The van der Waals surface area contributed by atoms with E-state index in [0.717, 1.165) is 11.4 Å². The zero-order valence-electron chi connectivity index (χ0n) is 16.0. The summed E-state index contributed by atoms with van der Waals surface area (Å²) in [5.74, 6) is 0.740. The molecular weight excluding hydrogens is 420 g/mol. The molecule has 0 fully saturated rings. The summed E-state index contributed by atoms with van der Waals surface area (Å²) in [6, 6.07) is 21.5. The fourth-order valence-electron chi connectivity index (χ4n) is 2.78. The van der Waals surface area contributed by atoms with Crippen LogP contribution in [0.25, 0.3) is 11.3 Å². The lowest BCUT2D eigenvalue weighted by atomic mass is 10.1. The maximum absolute atomic E-state index is 12.5. The number of nitrogens with one attached hydrogen (secondary N) is 1. The molecule has 3 aromatic carbocycles. The number of methoxy groups -OCH3 is 1. The molecule has 0 atom stereocenters. The van der Waals surface area contributed by atoms with Gasteiger partial charge in [0.05, 0.1) is 18.4 Å². The molecule has 0 spiro atoms. The highest BCUT2D eigenvalue weighted by atomic mass is 35.5. The van der Waals surface area contributed by atoms with Crippen molar-refractivity contribution in [2.75, 3.05) is 12.4 Å². The van der Waals surface area contributed by atoms with Crippen LogP contribution in [0.1, 0.15) is 10.4 Å². The van der Waals surface area contributed by atoms with E-state index in [1.54, 1.807) is 49.6 Å². The molecule has 0 radical (unpaired) electrons. The van der Waals surface area contributed by atoms with Gasteiger partial charge in [-0.25, -0.2) is 9.78 Å². The molecule has 0 bridgehead atoms. The molecule has 0 saturated heterocycles. The quantitative estimate of drug-likeness (QED) is 0.278. The van der Waals surface area contributed by atoms with E-state index in [1.165, 1.54) is 11.3 Å². The topological polar surface area (TPSA) is 60.4 Å². The monoisotopic (exact) mass is 436 g/mol. The van der Waals surface area contributed by atoms with E-state index in [2.05, 4.69) is 10.3 Å². The van der Waals surface area contributed by atoms with Gasteiger partial charge < -0.3 is 14.8 Å². The molecule has 0 aliphatic rings. The van der Waals surface area contributed by atoms with Crippen molar-refractivity contribution in [1.82, 2.24) is 4.98 Å². The number of thiazole rings is 1. The van der Waals surface area contributed by atoms with Crippen molar-refractivity contribution < 1.29 is 14.3 Å². The summed E-state index contributed by atoms with van der Waals surface area (Å²) in [5.41, 5.74) is 2.66. The number of halogens is 1. The van der Waals surface area contributed by atoms with Gasteiger partial charge in [-0.05, 0) is 54.6 Å². The van der Waals surface area contributed by atoms with Gasteiger partial charge in [-0.3, -0.25) is 0 Å². The first-order valence-corrected chi connectivity index (χ1v) is 10.3. The lowest BCUT2D eigenvalue weighted by molar-refractivity contribution is 0.0735. The van der Waals surface area contributed by atoms with E-state index in [4.69, 9.17) is 21.1 Å². The molecule has 0 unspecified atom stereocenters. The second kappa shape index (κ2) is 8.98. The number of hydrogen-bond acceptors (Lipinski definition) is 6. The lowest BCUT2D eigenvalue weighted by Crippen LogP contribution is -2.09. The standard InChI is InChI=1S/C23H17ClN2O3S/c1-28-18-10-8-17(9-11-18)25-23-26-20(14-30-23)19-13-16(24)7-12-21(19)29-22(27)15-5-3-2-4-6-15/h2-14H,1H3,(H,25,26). The van der Waals surface area contributed by atoms with Crippen molar-refractivity contribution in [1.29, 1.82) is 0 Å². The van der Waals surface area contributed by atoms with Crippen LogP contribution in [-0.2, 0) is 0 Å². The number of rotatable bonds is 6. The normalized spacial score (nSPS) is 10.5. The van der Waals surface area contributed by atoms with Crippen molar-refractivity contribution >= 4 is 39.7 Å². The molecule has 30 heavy (non-hydrogen) atoms. The van der Waals surface area contributed by atoms with Gasteiger partial charge in [0.25, 0.3) is 0 Å². The molecule has 0 saturated carbocycles. The minimum absolute atomic E-state index is 0.398. The molecule has 0 amide bonds. The van der Waals surface area contributed by atoms with E-state index in [9.17, 15) is 4.79 Å². The lowest BCUT2D eigenvalue weighted by Gasteiger charge is -2.09. The number of benzene rings is 3. The van der Waals surface area contributed by atoms with Crippen LogP contribution in [0.3, 0.4) is 0 Å². The molecule has 4 rings (SSSR count). The fourth-order valence-corrected chi connectivity index (χ4v) is 3.68. The minimum atomic E-state index is -0.439. The minimum Gasteiger partial charge on any atom is -0.497 e. The van der Waals surface area contributed by atoms with Crippen LogP contribution in [0.15, 0.2) is 78.2 Å². The van der Waals surface area contributed by atoms with Crippen molar-refractivity contribution in [3.63, 3.8) is 0 Å². The average Bonchev–Trinajstić information content (AvgIpc) is 3.24. The van der Waals surface area contributed by atoms with Gasteiger partial charge in [-0.15, -0.1) is 11.3 Å². The Morgan fingerprint density at radius 2 is 1.80 bits per heavy atom. The second-order valence-electron chi connectivity index (χ2n) is 6.29. The third-order valence-electron chi connectivity index (χ3n) is 4.28. The number of ether oxygens (including phenoxy) is 2. The Bertz CT molecular complexity index is 1160. The summed E-state index contributed by atoms with van der Waals surface area (Å²) in [4.78, 5) is 17.1. The highest BCUT2D eigenvalue weighted by Crippen LogP contribution is 2.35. The highest BCUT2D eigenvalue weighted by Gasteiger charge is 2.16. The summed E-state index contributed by atoms with van der Waals surface area (Å²) in [6.07, 6.45) is 0. The van der Waals surface area contributed by atoms with E-state index >= 15 is 0 Å². The predicted octanol–water partition coefficient (Wildman–Crippen LogP) is 6.43. The van der Waals surface area contributed by atoms with Crippen LogP contribution >= 0.6 is 22.9 Å². The third kappa shape index (κ3) is 4.62. The second-order valence-corrected chi connectivity index (χ2v) is 7.58. The van der Waals surface area contributed by atoms with Crippen LogP contribution in [0, 0.1) is 0 Å². The van der Waals surface area contributed by atoms with Gasteiger partial charge in [-0.2, -0.15) is 0 Å². The van der Waals surface area contributed by atoms with Gasteiger partial charge in [0.15, 0.2) is 5.13 Å². The SMILES string of the molecule is COc1ccc(Nc2nc(-c3cc(Cl)ccc3OC(=O)c3ccccc3)cs2)cc1. The largest absolute Gasteiger partial charge is 0.497 e. The van der Waals surface area contributed by atoms with E-state index in [0.29, 0.717) is 32.7 Å². The highest BCUT2D eigenvalue weighted by molar-refractivity contribution is 7.14. The number of aromatic nitrogens is 1. The Labute approximate surface area is 182 Å². The third-order valence-corrected chi connectivity index (χ3v) is 5.27. The van der Waals surface area contributed by atoms with Crippen LogP contribution < -0.4 is 14.8 Å². The number of anilines is 2. The van der Waals surface area contributed by atoms with Crippen molar-refractivity contribution in [3.05, 3.63) is 88.8 Å². The summed E-state index contributed by atoms with van der Waals surface area (Å²) in [6.45, 7) is 0. The Morgan fingerprint density at radius 3 is 2.53 bits per heavy atom. The number of carbonyl (C=O) groups is 1. The Morgan fingerprint density at radius 1 is 1.03 bits per heavy atom. The number of carbonyl (C=O) groups excluding carboxylic acids is 1. The molecule has 0 aliphatic heterocycles. The Kier molecular flexibility index (Phi) is 5.97. The van der Waals surface area contributed by atoms with Crippen molar-refractivity contribution in [3.8, 4) is 22.8 Å². The molecule has 1 N–H and O–H groups in total. The maximum Gasteiger partial charge on any atom is 0.343 e. The molecule has 0 aliphatic carbocycles. The molecule has 7 heteroatoms. The van der Waals surface area contributed by atoms with Gasteiger partial charge >= 0.3 is 5.97 Å². The van der Waals surface area contributed by atoms with Gasteiger partial charge in [0.2, 0.25) is 0 Å². The molecule has 150 valence electrons. The molecule has 5 nitrogen and oxygen atoms in total.